The predicted molar refractivity (Wildman–Crippen MR) is 161 cm³/mol. The number of ether oxygens (including phenoxy) is 2. The molecule has 0 bridgehead atoms. The minimum Gasteiger partial charge on any atom is -0.506 e. The number of amides is 1. The molecule has 0 aromatic heterocycles. The van der Waals surface area contributed by atoms with Crippen LogP contribution in [0.2, 0.25) is 0 Å². The SMILES string of the molecule is CCOC(=O)C1=C(O)/C(=C/c2ccccc2OCc2ccc(C)cc2)SC1=NC(=O)c1ccc(C(C)(C)C)cc1. The molecule has 1 heterocycles. The van der Waals surface area contributed by atoms with Crippen molar-refractivity contribution in [2.24, 2.45) is 4.99 Å². The summed E-state index contributed by atoms with van der Waals surface area (Å²) in [6.07, 6.45) is 1.72. The van der Waals surface area contributed by atoms with Crippen molar-refractivity contribution in [1.29, 1.82) is 0 Å². The second kappa shape index (κ2) is 12.4. The highest BCUT2D eigenvalue weighted by atomic mass is 32.2. The minimum atomic E-state index is -0.741. The van der Waals surface area contributed by atoms with Crippen LogP contribution in [0.4, 0.5) is 0 Å². The van der Waals surface area contributed by atoms with Gasteiger partial charge in [-0.25, -0.2) is 9.79 Å². The third-order valence-electron chi connectivity index (χ3n) is 6.29. The van der Waals surface area contributed by atoms with Crippen LogP contribution in [0, 0.1) is 6.92 Å². The molecule has 6 nitrogen and oxygen atoms in total. The molecule has 0 fully saturated rings. The van der Waals surface area contributed by atoms with Gasteiger partial charge in [0.1, 0.15) is 28.7 Å². The summed E-state index contributed by atoms with van der Waals surface area (Å²) in [6, 6.07) is 22.7. The smallest absolute Gasteiger partial charge is 0.344 e. The Morgan fingerprint density at radius 2 is 1.65 bits per heavy atom. The maximum absolute atomic E-state index is 13.1. The monoisotopic (exact) mass is 555 g/mol. The lowest BCUT2D eigenvalue weighted by Crippen LogP contribution is -2.14. The highest BCUT2D eigenvalue weighted by Crippen LogP contribution is 2.40. The van der Waals surface area contributed by atoms with Crippen LogP contribution in [0.1, 0.15) is 60.3 Å². The van der Waals surface area contributed by atoms with Crippen molar-refractivity contribution in [3.63, 3.8) is 0 Å². The molecule has 0 unspecified atom stereocenters. The summed E-state index contributed by atoms with van der Waals surface area (Å²) in [5, 5.41) is 11.2. The Morgan fingerprint density at radius 3 is 2.30 bits per heavy atom. The average molecular weight is 556 g/mol. The summed E-state index contributed by atoms with van der Waals surface area (Å²) in [4.78, 5) is 30.4. The molecule has 0 radical (unpaired) electrons. The van der Waals surface area contributed by atoms with Crippen molar-refractivity contribution < 1.29 is 24.2 Å². The molecule has 0 aliphatic carbocycles. The molecule has 1 aliphatic rings. The molecular weight excluding hydrogens is 522 g/mol. The molecule has 0 saturated carbocycles. The number of hydrogen-bond donors (Lipinski definition) is 1. The van der Waals surface area contributed by atoms with E-state index >= 15 is 0 Å². The van der Waals surface area contributed by atoms with Crippen molar-refractivity contribution in [2.45, 2.75) is 46.6 Å². The fraction of sp³-hybridized carbons (Fsp3) is 0.242. The maximum Gasteiger partial charge on any atom is 0.344 e. The summed E-state index contributed by atoms with van der Waals surface area (Å²) >= 11 is 1.04. The number of aryl methyl sites for hydroxylation is 1. The Kier molecular flexibility index (Phi) is 8.95. The van der Waals surface area contributed by atoms with E-state index in [2.05, 4.69) is 25.8 Å². The number of hydrogen-bond acceptors (Lipinski definition) is 6. The first-order valence-corrected chi connectivity index (χ1v) is 13.9. The Labute approximate surface area is 239 Å². The Morgan fingerprint density at radius 1 is 0.975 bits per heavy atom. The van der Waals surface area contributed by atoms with E-state index in [1.165, 1.54) is 5.56 Å². The van der Waals surface area contributed by atoms with Crippen molar-refractivity contribution in [2.75, 3.05) is 6.61 Å². The second-order valence-electron chi connectivity index (χ2n) is 10.4. The van der Waals surface area contributed by atoms with E-state index < -0.39 is 11.9 Å². The zero-order valence-corrected chi connectivity index (χ0v) is 24.2. The van der Waals surface area contributed by atoms with Crippen molar-refractivity contribution in [1.82, 2.24) is 0 Å². The number of benzene rings is 3. The van der Waals surface area contributed by atoms with E-state index in [1.54, 1.807) is 25.1 Å². The number of para-hydroxylation sites is 1. The van der Waals surface area contributed by atoms with Crippen LogP contribution >= 0.6 is 11.8 Å². The van der Waals surface area contributed by atoms with Crippen LogP contribution in [0.15, 0.2) is 94.0 Å². The van der Waals surface area contributed by atoms with Crippen molar-refractivity contribution >= 4 is 34.8 Å². The standard InChI is InChI=1S/C33H33NO5S/c1-6-38-32(37)28-29(35)27(40-31(28)34-30(36)23-15-17-25(18-16-23)33(3,4)5)19-24-9-7-8-10-26(24)39-20-22-13-11-21(2)12-14-22/h7-19,35H,6,20H2,1-5H3/b27-19-,34-31?. The molecule has 1 aliphatic heterocycles. The summed E-state index contributed by atoms with van der Waals surface area (Å²) in [6.45, 7) is 10.5. The normalized spacial score (nSPS) is 15.5. The number of esters is 1. The molecule has 206 valence electrons. The molecule has 3 aromatic rings. The van der Waals surface area contributed by atoms with E-state index in [4.69, 9.17) is 9.47 Å². The minimum absolute atomic E-state index is 0.0553. The summed E-state index contributed by atoms with van der Waals surface area (Å²) < 4.78 is 11.2. The number of carbonyl (C=O) groups is 2. The molecular formula is C33H33NO5S. The molecule has 0 spiro atoms. The average Bonchev–Trinajstić information content (AvgIpc) is 3.22. The molecule has 7 heteroatoms. The van der Waals surface area contributed by atoms with Crippen molar-refractivity contribution in [3.05, 3.63) is 117 Å². The van der Waals surface area contributed by atoms with Gasteiger partial charge < -0.3 is 14.6 Å². The molecule has 0 atom stereocenters. The van der Waals surface area contributed by atoms with E-state index in [-0.39, 0.29) is 28.4 Å². The van der Waals surface area contributed by atoms with E-state index in [1.807, 2.05) is 67.6 Å². The van der Waals surface area contributed by atoms with Crippen LogP contribution in [0.3, 0.4) is 0 Å². The fourth-order valence-electron chi connectivity index (χ4n) is 3.98. The first-order valence-electron chi connectivity index (χ1n) is 13.1. The number of aliphatic hydroxyl groups excluding tert-OH is 1. The van der Waals surface area contributed by atoms with Gasteiger partial charge in [0.25, 0.3) is 5.91 Å². The quantitative estimate of drug-likeness (QED) is 0.303. The Balaban J connectivity index is 1.64. The van der Waals surface area contributed by atoms with Crippen molar-refractivity contribution in [3.8, 4) is 5.75 Å². The van der Waals surface area contributed by atoms with Crippen LogP contribution in [0.25, 0.3) is 6.08 Å². The van der Waals surface area contributed by atoms with Gasteiger partial charge in [0.2, 0.25) is 0 Å². The van der Waals surface area contributed by atoms with Crippen LogP contribution < -0.4 is 4.74 Å². The van der Waals surface area contributed by atoms with Gasteiger partial charge in [0.15, 0.2) is 0 Å². The van der Waals surface area contributed by atoms with Gasteiger partial charge in [-0.05, 0) is 54.7 Å². The first kappa shape index (κ1) is 28.9. The van der Waals surface area contributed by atoms with Gasteiger partial charge in [-0.2, -0.15) is 0 Å². The van der Waals surface area contributed by atoms with Gasteiger partial charge in [-0.1, -0.05) is 92.7 Å². The summed E-state index contributed by atoms with van der Waals surface area (Å²) in [5.41, 5.74) is 4.19. The number of aliphatic imine (C=N–C) groups is 1. The first-order chi connectivity index (χ1) is 19.1. The highest BCUT2D eigenvalue weighted by Gasteiger charge is 2.34. The number of carbonyl (C=O) groups excluding carboxylic acids is 2. The number of nitrogens with zero attached hydrogens (tertiary/aromatic N) is 1. The predicted octanol–water partition coefficient (Wildman–Crippen LogP) is 7.57. The van der Waals surface area contributed by atoms with Gasteiger partial charge in [0.05, 0.1) is 11.5 Å². The Bertz CT molecular complexity index is 1490. The topological polar surface area (TPSA) is 85.2 Å². The molecule has 4 rings (SSSR count). The van der Waals surface area contributed by atoms with Gasteiger partial charge in [0, 0.05) is 11.1 Å². The van der Waals surface area contributed by atoms with E-state index in [0.29, 0.717) is 28.4 Å². The largest absolute Gasteiger partial charge is 0.506 e. The highest BCUT2D eigenvalue weighted by molar-refractivity contribution is 8.18. The van der Waals surface area contributed by atoms with Gasteiger partial charge in [-0.3, -0.25) is 4.79 Å². The lowest BCUT2D eigenvalue weighted by Gasteiger charge is -2.18. The lowest BCUT2D eigenvalue weighted by molar-refractivity contribution is -0.138. The zero-order chi connectivity index (χ0) is 28.9. The van der Waals surface area contributed by atoms with Gasteiger partial charge >= 0.3 is 5.97 Å². The number of aliphatic hydroxyl groups is 1. The Hall–Kier alpha value is -4.10. The zero-order valence-electron chi connectivity index (χ0n) is 23.4. The van der Waals surface area contributed by atoms with Gasteiger partial charge in [-0.15, -0.1) is 0 Å². The molecule has 40 heavy (non-hydrogen) atoms. The third kappa shape index (κ3) is 6.90. The van der Waals surface area contributed by atoms with Crippen LogP contribution in [-0.2, 0) is 21.6 Å². The molecule has 3 aromatic carbocycles. The van der Waals surface area contributed by atoms with Crippen LogP contribution in [0.5, 0.6) is 5.75 Å². The van der Waals surface area contributed by atoms with E-state index in [0.717, 1.165) is 22.9 Å². The second-order valence-corrected chi connectivity index (χ2v) is 11.4. The summed E-state index contributed by atoms with van der Waals surface area (Å²) in [7, 11) is 0. The fourth-order valence-corrected chi connectivity index (χ4v) is 4.98. The van der Waals surface area contributed by atoms with E-state index in [9.17, 15) is 14.7 Å². The third-order valence-corrected chi connectivity index (χ3v) is 7.31. The molecule has 0 saturated heterocycles. The molecule has 1 N–H and O–H groups in total. The lowest BCUT2D eigenvalue weighted by atomic mass is 9.87. The van der Waals surface area contributed by atoms with Crippen LogP contribution in [-0.4, -0.2) is 28.6 Å². The molecule has 1 amide bonds. The number of thioether (sulfide) groups is 1. The maximum atomic E-state index is 13.1. The summed E-state index contributed by atoms with van der Waals surface area (Å²) in [5.74, 6) is -0.927. The number of rotatable bonds is 7.